The molecule has 1 amide bonds. The number of anilines is 1. The third kappa shape index (κ3) is 4.27. The van der Waals surface area contributed by atoms with Crippen molar-refractivity contribution in [2.75, 3.05) is 38.5 Å². The molecule has 0 bridgehead atoms. The number of nitrogens with one attached hydrogen (secondary N) is 1. The van der Waals surface area contributed by atoms with Crippen molar-refractivity contribution in [1.29, 1.82) is 0 Å². The van der Waals surface area contributed by atoms with Crippen LogP contribution in [-0.4, -0.2) is 48.9 Å². The van der Waals surface area contributed by atoms with E-state index in [-0.39, 0.29) is 11.9 Å². The van der Waals surface area contributed by atoms with Crippen LogP contribution in [0.2, 0.25) is 0 Å². The lowest BCUT2D eigenvalue weighted by Crippen LogP contribution is -2.46. The third-order valence-corrected chi connectivity index (χ3v) is 7.98. The summed E-state index contributed by atoms with van der Waals surface area (Å²) in [5.41, 5.74) is 5.34. The number of aryl methyl sites for hydroxylation is 2. The summed E-state index contributed by atoms with van der Waals surface area (Å²) >= 11 is 1.77. The van der Waals surface area contributed by atoms with E-state index in [1.54, 1.807) is 29.7 Å². The van der Waals surface area contributed by atoms with Gasteiger partial charge in [-0.15, -0.1) is 11.3 Å². The highest BCUT2D eigenvalue weighted by Gasteiger charge is 2.33. The quantitative estimate of drug-likeness (QED) is 0.588. The van der Waals surface area contributed by atoms with Crippen LogP contribution in [0.25, 0.3) is 0 Å². The van der Waals surface area contributed by atoms with Gasteiger partial charge in [-0.1, -0.05) is 29.8 Å². The van der Waals surface area contributed by atoms with E-state index >= 15 is 0 Å². The van der Waals surface area contributed by atoms with E-state index in [0.717, 1.165) is 44.0 Å². The number of thiophene rings is 1. The average Bonchev–Trinajstić information content (AvgIpc) is 3.45. The summed E-state index contributed by atoms with van der Waals surface area (Å²) < 4.78 is 5.37. The number of rotatable bonds is 5. The van der Waals surface area contributed by atoms with Gasteiger partial charge in [0.2, 0.25) is 0 Å². The Morgan fingerprint density at radius 3 is 2.53 bits per heavy atom. The first-order chi connectivity index (χ1) is 15.6. The number of furan rings is 1. The van der Waals surface area contributed by atoms with Crippen molar-refractivity contribution in [3.8, 4) is 0 Å². The van der Waals surface area contributed by atoms with Crippen molar-refractivity contribution < 1.29 is 9.21 Å². The molecule has 5 rings (SSSR count). The second-order valence-corrected chi connectivity index (χ2v) is 10.1. The zero-order valence-corrected chi connectivity index (χ0v) is 19.7. The maximum Gasteiger partial charge on any atom is 0.291 e. The van der Waals surface area contributed by atoms with Crippen LogP contribution in [0, 0.1) is 6.92 Å². The number of amides is 1. The molecule has 1 aromatic carbocycles. The molecule has 32 heavy (non-hydrogen) atoms. The van der Waals surface area contributed by atoms with Crippen molar-refractivity contribution in [2.24, 2.45) is 0 Å². The highest BCUT2D eigenvalue weighted by atomic mass is 32.1. The maximum absolute atomic E-state index is 12.9. The van der Waals surface area contributed by atoms with Crippen LogP contribution in [0.5, 0.6) is 0 Å². The lowest BCUT2D eigenvalue weighted by Gasteiger charge is -2.39. The minimum Gasteiger partial charge on any atom is -0.459 e. The molecule has 0 spiro atoms. The van der Waals surface area contributed by atoms with E-state index in [0.29, 0.717) is 5.76 Å². The molecule has 3 aromatic rings. The standard InChI is InChI=1S/C26H31N3O2S/c1-18-9-11-19(12-10-18)24(29-15-13-28(2)14-16-29)23-20-6-3-4-8-22(20)32-26(23)27-25(30)21-7-5-17-31-21/h5,7,9-12,17,24H,3-4,6,8,13-16H2,1-2H3,(H,27,30). The first-order valence-electron chi connectivity index (χ1n) is 11.6. The van der Waals surface area contributed by atoms with Gasteiger partial charge in [-0.3, -0.25) is 9.69 Å². The first-order valence-corrected chi connectivity index (χ1v) is 12.4. The van der Waals surface area contributed by atoms with Gasteiger partial charge in [0.15, 0.2) is 5.76 Å². The molecule has 1 aliphatic heterocycles. The fourth-order valence-corrected chi connectivity index (χ4v) is 6.25. The predicted molar refractivity (Wildman–Crippen MR) is 130 cm³/mol. The molecule has 1 N–H and O–H groups in total. The van der Waals surface area contributed by atoms with Gasteiger partial charge in [-0.2, -0.15) is 0 Å². The molecule has 5 nitrogen and oxygen atoms in total. The van der Waals surface area contributed by atoms with Crippen LogP contribution in [0.3, 0.4) is 0 Å². The zero-order valence-electron chi connectivity index (χ0n) is 18.9. The van der Waals surface area contributed by atoms with Gasteiger partial charge < -0.3 is 14.6 Å². The number of nitrogens with zero attached hydrogens (tertiary/aromatic N) is 2. The summed E-state index contributed by atoms with van der Waals surface area (Å²) in [6.07, 6.45) is 6.18. The van der Waals surface area contributed by atoms with Gasteiger partial charge in [0.05, 0.1) is 12.3 Å². The van der Waals surface area contributed by atoms with Gasteiger partial charge in [-0.25, -0.2) is 0 Å². The molecule has 6 heteroatoms. The monoisotopic (exact) mass is 449 g/mol. The second kappa shape index (κ2) is 9.22. The van der Waals surface area contributed by atoms with Crippen molar-refractivity contribution in [2.45, 2.75) is 38.6 Å². The summed E-state index contributed by atoms with van der Waals surface area (Å²) in [5, 5.41) is 4.22. The molecule has 1 aliphatic carbocycles. The van der Waals surface area contributed by atoms with E-state index in [2.05, 4.69) is 53.4 Å². The van der Waals surface area contributed by atoms with Crippen LogP contribution in [0.15, 0.2) is 47.1 Å². The molecule has 1 atom stereocenters. The number of benzene rings is 1. The van der Waals surface area contributed by atoms with E-state index in [1.165, 1.54) is 40.0 Å². The number of carbonyl (C=O) groups is 1. The Balaban J connectivity index is 1.59. The molecule has 0 saturated carbocycles. The number of hydrogen-bond donors (Lipinski definition) is 1. The van der Waals surface area contributed by atoms with Gasteiger partial charge in [0, 0.05) is 36.6 Å². The van der Waals surface area contributed by atoms with E-state index in [4.69, 9.17) is 4.42 Å². The Hall–Kier alpha value is -2.41. The Morgan fingerprint density at radius 2 is 1.81 bits per heavy atom. The fraction of sp³-hybridized carbons (Fsp3) is 0.423. The number of hydrogen-bond acceptors (Lipinski definition) is 5. The van der Waals surface area contributed by atoms with E-state index in [1.807, 2.05) is 0 Å². The maximum atomic E-state index is 12.9. The zero-order chi connectivity index (χ0) is 22.1. The SMILES string of the molecule is Cc1ccc(C(c2c(NC(=O)c3ccco3)sc3c2CCCC3)N2CCN(C)CC2)cc1. The lowest BCUT2D eigenvalue weighted by molar-refractivity contribution is 0.0996. The van der Waals surface area contributed by atoms with Crippen LogP contribution >= 0.6 is 11.3 Å². The van der Waals surface area contributed by atoms with Crippen LogP contribution < -0.4 is 5.32 Å². The molecular formula is C26H31N3O2S. The topological polar surface area (TPSA) is 48.7 Å². The number of piperazine rings is 1. The third-order valence-electron chi connectivity index (χ3n) is 6.75. The first kappa shape index (κ1) is 21.4. The van der Waals surface area contributed by atoms with Crippen molar-refractivity contribution >= 4 is 22.2 Å². The molecule has 2 aromatic heterocycles. The molecule has 1 unspecified atom stereocenters. The average molecular weight is 450 g/mol. The summed E-state index contributed by atoms with van der Waals surface area (Å²) in [4.78, 5) is 19.4. The Bertz CT molecular complexity index is 1060. The van der Waals surface area contributed by atoms with Crippen molar-refractivity contribution in [1.82, 2.24) is 9.80 Å². The van der Waals surface area contributed by atoms with Crippen molar-refractivity contribution in [3.05, 3.63) is 75.6 Å². The van der Waals surface area contributed by atoms with E-state index in [9.17, 15) is 4.79 Å². The number of carbonyl (C=O) groups excluding carboxylic acids is 1. The number of likely N-dealkylation sites (N-methyl/N-ethyl adjacent to an activating group) is 1. The Kier molecular flexibility index (Phi) is 6.17. The van der Waals surface area contributed by atoms with Crippen LogP contribution in [-0.2, 0) is 12.8 Å². The molecule has 1 fully saturated rings. The molecule has 1 saturated heterocycles. The predicted octanol–water partition coefficient (Wildman–Crippen LogP) is 5.12. The molecule has 0 radical (unpaired) electrons. The van der Waals surface area contributed by atoms with E-state index < -0.39 is 0 Å². The van der Waals surface area contributed by atoms with Crippen molar-refractivity contribution in [3.63, 3.8) is 0 Å². The Morgan fingerprint density at radius 1 is 1.06 bits per heavy atom. The second-order valence-electron chi connectivity index (χ2n) is 9.04. The normalized spacial score (nSPS) is 18.3. The minimum absolute atomic E-state index is 0.148. The summed E-state index contributed by atoms with van der Waals surface area (Å²) in [6, 6.07) is 12.6. The summed E-state index contributed by atoms with van der Waals surface area (Å²) in [5.74, 6) is 0.185. The van der Waals surface area contributed by atoms with Gasteiger partial charge in [0.25, 0.3) is 5.91 Å². The molecule has 2 aliphatic rings. The van der Waals surface area contributed by atoms with Crippen LogP contribution in [0.1, 0.15) is 56.6 Å². The smallest absolute Gasteiger partial charge is 0.291 e. The minimum atomic E-state index is -0.170. The molecular weight excluding hydrogens is 418 g/mol. The van der Waals surface area contributed by atoms with Gasteiger partial charge in [-0.05, 0) is 62.9 Å². The molecule has 168 valence electrons. The highest BCUT2D eigenvalue weighted by Crippen LogP contribution is 2.45. The summed E-state index contributed by atoms with van der Waals surface area (Å²) in [6.45, 7) is 6.29. The largest absolute Gasteiger partial charge is 0.459 e. The van der Waals surface area contributed by atoms with Gasteiger partial charge in [0.1, 0.15) is 5.00 Å². The lowest BCUT2D eigenvalue weighted by atomic mass is 9.88. The molecule has 3 heterocycles. The fourth-order valence-electron chi connectivity index (χ4n) is 4.93. The summed E-state index contributed by atoms with van der Waals surface area (Å²) in [7, 11) is 2.19. The number of fused-ring (bicyclic) bond motifs is 1. The van der Waals surface area contributed by atoms with Crippen LogP contribution in [0.4, 0.5) is 5.00 Å². The van der Waals surface area contributed by atoms with Gasteiger partial charge >= 0.3 is 0 Å². The highest BCUT2D eigenvalue weighted by molar-refractivity contribution is 7.16. The Labute approximate surface area is 194 Å².